The van der Waals surface area contributed by atoms with Crippen LogP contribution in [0.5, 0.6) is 11.5 Å². The van der Waals surface area contributed by atoms with Gasteiger partial charge < -0.3 is 9.47 Å². The van der Waals surface area contributed by atoms with Crippen molar-refractivity contribution in [3.8, 4) is 11.5 Å². The molecule has 132 valence electrons. The van der Waals surface area contributed by atoms with E-state index in [1.165, 1.54) is 7.11 Å². The summed E-state index contributed by atoms with van der Waals surface area (Å²) in [5.41, 5.74) is 1.90. The van der Waals surface area contributed by atoms with Gasteiger partial charge in [0.2, 0.25) is 10.0 Å². The Bertz CT molecular complexity index is 828. The van der Waals surface area contributed by atoms with Crippen LogP contribution in [0.4, 0.5) is 0 Å². The monoisotopic (exact) mass is 353 g/mol. The zero-order valence-electron chi connectivity index (χ0n) is 14.6. The van der Waals surface area contributed by atoms with Crippen molar-refractivity contribution >= 4 is 10.0 Å². The number of aromatic nitrogens is 2. The van der Waals surface area contributed by atoms with Crippen LogP contribution in [-0.2, 0) is 23.1 Å². The molecule has 0 aliphatic rings. The number of nitrogens with zero attached hydrogens (tertiary/aromatic N) is 2. The quantitative estimate of drug-likeness (QED) is 0.823. The first kappa shape index (κ1) is 18.3. The van der Waals surface area contributed by atoms with E-state index >= 15 is 0 Å². The van der Waals surface area contributed by atoms with Crippen LogP contribution >= 0.6 is 0 Å². The van der Waals surface area contributed by atoms with Crippen LogP contribution in [0.15, 0.2) is 23.1 Å². The summed E-state index contributed by atoms with van der Waals surface area (Å²) >= 11 is 0. The molecule has 0 amide bonds. The number of ether oxygens (including phenoxy) is 2. The van der Waals surface area contributed by atoms with Gasteiger partial charge in [-0.15, -0.1) is 0 Å². The molecular formula is C16H23N3O4S. The normalized spacial score (nSPS) is 11.5. The van der Waals surface area contributed by atoms with E-state index < -0.39 is 10.0 Å². The summed E-state index contributed by atoms with van der Waals surface area (Å²) in [5, 5.41) is 4.26. The first-order valence-corrected chi connectivity index (χ1v) is 9.07. The van der Waals surface area contributed by atoms with E-state index in [0.717, 1.165) is 5.56 Å². The van der Waals surface area contributed by atoms with E-state index in [1.54, 1.807) is 43.8 Å². The second-order valence-corrected chi connectivity index (χ2v) is 7.03. The lowest BCUT2D eigenvalue weighted by atomic mass is 10.2. The maximum absolute atomic E-state index is 12.6. The smallest absolute Gasteiger partial charge is 0.244 e. The van der Waals surface area contributed by atoms with Gasteiger partial charge in [-0.1, -0.05) is 6.07 Å². The van der Waals surface area contributed by atoms with Crippen molar-refractivity contribution in [1.29, 1.82) is 0 Å². The van der Waals surface area contributed by atoms with Gasteiger partial charge >= 0.3 is 0 Å². The van der Waals surface area contributed by atoms with Crippen LogP contribution in [0.3, 0.4) is 0 Å². The molecule has 0 radical (unpaired) electrons. The fourth-order valence-electron chi connectivity index (χ4n) is 2.62. The van der Waals surface area contributed by atoms with Gasteiger partial charge in [-0.2, -0.15) is 5.10 Å². The molecule has 2 aromatic rings. The highest BCUT2D eigenvalue weighted by molar-refractivity contribution is 7.89. The third kappa shape index (κ3) is 3.54. The van der Waals surface area contributed by atoms with Crippen molar-refractivity contribution in [2.75, 3.05) is 14.2 Å². The minimum absolute atomic E-state index is 0.152. The molecule has 0 bridgehead atoms. The summed E-state index contributed by atoms with van der Waals surface area (Å²) in [6, 6.07) is 5.28. The van der Waals surface area contributed by atoms with E-state index in [9.17, 15) is 8.42 Å². The molecule has 0 unspecified atom stereocenters. The predicted molar refractivity (Wildman–Crippen MR) is 90.9 cm³/mol. The Labute approximate surface area is 142 Å². The molecule has 0 aliphatic heterocycles. The van der Waals surface area contributed by atoms with Gasteiger partial charge in [-0.3, -0.25) is 4.68 Å². The Morgan fingerprint density at radius 2 is 1.83 bits per heavy atom. The van der Waals surface area contributed by atoms with E-state index in [-0.39, 0.29) is 11.4 Å². The fourth-order valence-corrected chi connectivity index (χ4v) is 4.04. The third-order valence-corrected chi connectivity index (χ3v) is 5.45. The first-order valence-electron chi connectivity index (χ1n) is 7.58. The van der Waals surface area contributed by atoms with Crippen molar-refractivity contribution in [1.82, 2.24) is 14.5 Å². The fraction of sp³-hybridized carbons (Fsp3) is 0.438. The predicted octanol–water partition coefficient (Wildman–Crippen LogP) is 2.02. The Hall–Kier alpha value is -2.06. The van der Waals surface area contributed by atoms with E-state index in [0.29, 0.717) is 29.4 Å². The standard InChI is InChI=1S/C16H23N3O4S/c1-6-19-12(3)16(11(2)18-19)24(20,21)17-10-13-7-8-14(22-4)15(9-13)23-5/h7-9,17H,6,10H2,1-5H3. The average Bonchev–Trinajstić information content (AvgIpc) is 2.87. The highest BCUT2D eigenvalue weighted by Crippen LogP contribution is 2.27. The topological polar surface area (TPSA) is 82.5 Å². The van der Waals surface area contributed by atoms with E-state index in [4.69, 9.17) is 9.47 Å². The minimum Gasteiger partial charge on any atom is -0.493 e. The molecule has 0 aliphatic carbocycles. The summed E-state index contributed by atoms with van der Waals surface area (Å²) in [5.74, 6) is 1.15. The number of sulfonamides is 1. The molecule has 0 saturated carbocycles. The number of rotatable bonds is 7. The molecule has 2 rings (SSSR count). The van der Waals surface area contributed by atoms with Gasteiger partial charge in [0.15, 0.2) is 11.5 Å². The van der Waals surface area contributed by atoms with E-state index in [2.05, 4.69) is 9.82 Å². The van der Waals surface area contributed by atoms with Gasteiger partial charge in [-0.25, -0.2) is 13.1 Å². The Morgan fingerprint density at radius 3 is 2.38 bits per heavy atom. The Morgan fingerprint density at radius 1 is 1.17 bits per heavy atom. The molecule has 0 spiro atoms. The molecule has 0 saturated heterocycles. The summed E-state index contributed by atoms with van der Waals surface area (Å²) < 4.78 is 40.0. The number of aryl methyl sites for hydroxylation is 2. The zero-order valence-corrected chi connectivity index (χ0v) is 15.4. The molecule has 24 heavy (non-hydrogen) atoms. The largest absolute Gasteiger partial charge is 0.493 e. The number of nitrogens with one attached hydrogen (secondary N) is 1. The highest BCUT2D eigenvalue weighted by Gasteiger charge is 2.24. The van der Waals surface area contributed by atoms with Gasteiger partial charge in [0.05, 0.1) is 25.6 Å². The van der Waals surface area contributed by atoms with Gasteiger partial charge in [0, 0.05) is 13.1 Å². The molecule has 0 atom stereocenters. The number of hydrogen-bond acceptors (Lipinski definition) is 5. The second kappa shape index (κ2) is 7.23. The van der Waals surface area contributed by atoms with Crippen LogP contribution in [0, 0.1) is 13.8 Å². The number of methoxy groups -OCH3 is 2. The molecule has 8 heteroatoms. The van der Waals surface area contributed by atoms with Crippen LogP contribution in [0.2, 0.25) is 0 Å². The number of benzene rings is 1. The minimum atomic E-state index is -3.65. The molecule has 1 aromatic heterocycles. The third-order valence-electron chi connectivity index (χ3n) is 3.80. The van der Waals surface area contributed by atoms with Gasteiger partial charge in [0.1, 0.15) is 4.90 Å². The van der Waals surface area contributed by atoms with Crippen LogP contribution < -0.4 is 14.2 Å². The van der Waals surface area contributed by atoms with Crippen molar-refractivity contribution in [3.63, 3.8) is 0 Å². The SMILES string of the molecule is CCn1nc(C)c(S(=O)(=O)NCc2ccc(OC)c(OC)c2)c1C. The van der Waals surface area contributed by atoms with Crippen LogP contribution in [-0.4, -0.2) is 32.4 Å². The summed E-state index contributed by atoms with van der Waals surface area (Å²) in [6.45, 7) is 6.16. The summed E-state index contributed by atoms with van der Waals surface area (Å²) in [4.78, 5) is 0.241. The second-order valence-electron chi connectivity index (χ2n) is 5.33. The number of hydrogen-bond donors (Lipinski definition) is 1. The van der Waals surface area contributed by atoms with Crippen molar-refractivity contribution in [3.05, 3.63) is 35.2 Å². The lowest BCUT2D eigenvalue weighted by Crippen LogP contribution is -2.24. The van der Waals surface area contributed by atoms with Gasteiger partial charge in [-0.05, 0) is 38.5 Å². The van der Waals surface area contributed by atoms with Crippen LogP contribution in [0.25, 0.3) is 0 Å². The lowest BCUT2D eigenvalue weighted by molar-refractivity contribution is 0.354. The molecule has 7 nitrogen and oxygen atoms in total. The molecule has 1 N–H and O–H groups in total. The first-order chi connectivity index (χ1) is 11.3. The average molecular weight is 353 g/mol. The summed E-state index contributed by atoms with van der Waals surface area (Å²) in [6.07, 6.45) is 0. The molecular weight excluding hydrogens is 330 g/mol. The zero-order chi connectivity index (χ0) is 17.9. The summed E-state index contributed by atoms with van der Waals surface area (Å²) in [7, 11) is -0.558. The Kier molecular flexibility index (Phi) is 5.51. The maximum Gasteiger partial charge on any atom is 0.244 e. The molecule has 1 heterocycles. The maximum atomic E-state index is 12.6. The van der Waals surface area contributed by atoms with E-state index in [1.807, 2.05) is 6.92 Å². The molecule has 1 aromatic carbocycles. The Balaban J connectivity index is 2.24. The van der Waals surface area contributed by atoms with Crippen molar-refractivity contribution < 1.29 is 17.9 Å². The highest BCUT2D eigenvalue weighted by atomic mass is 32.2. The molecule has 0 fully saturated rings. The van der Waals surface area contributed by atoms with Crippen molar-refractivity contribution in [2.45, 2.75) is 38.8 Å². The lowest BCUT2D eigenvalue weighted by Gasteiger charge is -2.11. The van der Waals surface area contributed by atoms with Gasteiger partial charge in [0.25, 0.3) is 0 Å². The van der Waals surface area contributed by atoms with Crippen molar-refractivity contribution in [2.24, 2.45) is 0 Å². The van der Waals surface area contributed by atoms with Crippen LogP contribution in [0.1, 0.15) is 23.9 Å².